The molecule has 9 heteroatoms. The van der Waals surface area contributed by atoms with Crippen LogP contribution in [-0.4, -0.2) is 83.1 Å². The largest absolute Gasteiger partial charge is 0.379 e. The minimum Gasteiger partial charge on any atom is -0.379 e. The Kier molecular flexibility index (Phi) is 5.26. The third kappa shape index (κ3) is 3.94. The highest BCUT2D eigenvalue weighted by Gasteiger charge is 2.25. The van der Waals surface area contributed by atoms with E-state index < -0.39 is 0 Å². The average Bonchev–Trinajstić information content (AvgIpc) is 3.17. The van der Waals surface area contributed by atoms with Crippen LogP contribution in [0.4, 0.5) is 5.82 Å². The molecule has 26 heavy (non-hydrogen) atoms. The smallest absolute Gasteiger partial charge is 0.223 e. The molecule has 2 aliphatic heterocycles. The first-order valence-electron chi connectivity index (χ1n) is 9.29. The fourth-order valence-corrected chi connectivity index (χ4v) is 3.56. The highest BCUT2D eigenvalue weighted by atomic mass is 16.5. The Balaban J connectivity index is 1.23. The summed E-state index contributed by atoms with van der Waals surface area (Å²) in [6.45, 7) is 6.78. The fraction of sp³-hybridized carbons (Fsp3) is 0.647. The first-order valence-corrected chi connectivity index (χ1v) is 9.29. The number of carbonyl (C=O) groups is 1. The summed E-state index contributed by atoms with van der Waals surface area (Å²) < 4.78 is 7.02. The Morgan fingerprint density at radius 1 is 1.19 bits per heavy atom. The van der Waals surface area contributed by atoms with E-state index >= 15 is 0 Å². The Hall–Kier alpha value is -2.26. The summed E-state index contributed by atoms with van der Waals surface area (Å²) in [6.07, 6.45) is 3.31. The monoisotopic (exact) mass is 359 g/mol. The number of anilines is 1. The highest BCUT2D eigenvalue weighted by molar-refractivity contribution is 5.78. The van der Waals surface area contributed by atoms with Gasteiger partial charge in [0.1, 0.15) is 12.1 Å². The van der Waals surface area contributed by atoms with Gasteiger partial charge >= 0.3 is 0 Å². The van der Waals surface area contributed by atoms with Gasteiger partial charge in [0.05, 0.1) is 13.2 Å². The molecular formula is C17H25N7O2. The van der Waals surface area contributed by atoms with Crippen molar-refractivity contribution in [2.45, 2.75) is 12.8 Å². The third-order valence-corrected chi connectivity index (χ3v) is 5.17. The van der Waals surface area contributed by atoms with E-state index in [0.717, 1.165) is 70.2 Å². The van der Waals surface area contributed by atoms with Crippen LogP contribution in [0.15, 0.2) is 18.5 Å². The summed E-state index contributed by atoms with van der Waals surface area (Å²) in [7, 11) is 0. The number of amides is 1. The summed E-state index contributed by atoms with van der Waals surface area (Å²) in [4.78, 5) is 17.0. The predicted molar refractivity (Wildman–Crippen MR) is 96.0 cm³/mol. The molecule has 0 radical (unpaired) electrons. The molecule has 4 rings (SSSR count). The second-order valence-corrected chi connectivity index (χ2v) is 6.83. The van der Waals surface area contributed by atoms with E-state index in [0.29, 0.717) is 6.54 Å². The molecule has 2 aromatic heterocycles. The van der Waals surface area contributed by atoms with Crippen LogP contribution >= 0.6 is 0 Å². The van der Waals surface area contributed by atoms with Crippen LogP contribution in [-0.2, 0) is 9.53 Å². The van der Waals surface area contributed by atoms with Crippen LogP contribution in [0.5, 0.6) is 0 Å². The number of piperidine rings is 1. The fourth-order valence-electron chi connectivity index (χ4n) is 3.56. The molecule has 0 aliphatic carbocycles. The molecule has 1 amide bonds. The molecule has 4 heterocycles. The molecule has 2 fully saturated rings. The van der Waals surface area contributed by atoms with Gasteiger partial charge in [0.2, 0.25) is 5.91 Å². The normalized spacial score (nSPS) is 19.8. The van der Waals surface area contributed by atoms with Crippen LogP contribution in [0.1, 0.15) is 12.8 Å². The van der Waals surface area contributed by atoms with Crippen molar-refractivity contribution in [1.29, 1.82) is 0 Å². The summed E-state index contributed by atoms with van der Waals surface area (Å²) in [5.74, 6) is 1.18. The first-order chi connectivity index (χ1) is 12.8. The number of ether oxygens (including phenoxy) is 1. The Morgan fingerprint density at radius 2 is 2.00 bits per heavy atom. The van der Waals surface area contributed by atoms with Gasteiger partial charge in [0.15, 0.2) is 5.65 Å². The lowest BCUT2D eigenvalue weighted by Crippen LogP contribution is -2.44. The molecule has 2 saturated heterocycles. The molecule has 0 saturated carbocycles. The maximum Gasteiger partial charge on any atom is 0.223 e. The summed E-state index contributed by atoms with van der Waals surface area (Å²) in [5, 5.41) is 15.5. The van der Waals surface area contributed by atoms with Crippen LogP contribution in [0, 0.1) is 5.92 Å². The van der Waals surface area contributed by atoms with E-state index in [1.807, 2.05) is 12.1 Å². The number of nitrogens with one attached hydrogen (secondary N) is 1. The number of carbonyl (C=O) groups excluding carboxylic acids is 1. The van der Waals surface area contributed by atoms with Gasteiger partial charge in [-0.25, -0.2) is 0 Å². The zero-order valence-corrected chi connectivity index (χ0v) is 14.9. The van der Waals surface area contributed by atoms with Crippen molar-refractivity contribution >= 4 is 17.4 Å². The lowest BCUT2D eigenvalue weighted by molar-refractivity contribution is -0.125. The molecule has 0 atom stereocenters. The second kappa shape index (κ2) is 7.96. The number of hydrogen-bond acceptors (Lipinski definition) is 7. The molecule has 2 aromatic rings. The molecule has 140 valence electrons. The highest BCUT2D eigenvalue weighted by Crippen LogP contribution is 2.22. The Bertz CT molecular complexity index is 736. The van der Waals surface area contributed by atoms with E-state index in [-0.39, 0.29) is 11.8 Å². The number of nitrogens with zero attached hydrogens (tertiary/aromatic N) is 6. The van der Waals surface area contributed by atoms with Crippen LogP contribution in [0.3, 0.4) is 0 Å². The quantitative estimate of drug-likeness (QED) is 0.790. The lowest BCUT2D eigenvalue weighted by Gasteiger charge is -2.32. The van der Waals surface area contributed by atoms with Gasteiger partial charge in [-0.3, -0.25) is 9.69 Å². The van der Waals surface area contributed by atoms with Crippen molar-refractivity contribution in [2.75, 3.05) is 57.4 Å². The number of aromatic nitrogens is 4. The number of hydrogen-bond donors (Lipinski definition) is 1. The standard InChI is InChI=1S/C17H25N7O2/c25-17(18-5-8-22-9-11-26-12-10-22)14-3-6-23(7-4-14)16-2-1-15-20-19-13-24(15)21-16/h1-2,13-14H,3-12H2,(H,18,25). The van der Waals surface area contributed by atoms with Crippen molar-refractivity contribution in [1.82, 2.24) is 30.0 Å². The van der Waals surface area contributed by atoms with Crippen molar-refractivity contribution in [3.8, 4) is 0 Å². The van der Waals surface area contributed by atoms with Crippen molar-refractivity contribution in [3.05, 3.63) is 18.5 Å². The Labute approximate surface area is 152 Å². The number of fused-ring (bicyclic) bond motifs is 1. The minimum atomic E-state index is 0.0922. The molecule has 0 aromatic carbocycles. The topological polar surface area (TPSA) is 87.9 Å². The zero-order valence-electron chi connectivity index (χ0n) is 14.9. The lowest BCUT2D eigenvalue weighted by atomic mass is 9.96. The summed E-state index contributed by atoms with van der Waals surface area (Å²) >= 11 is 0. The molecule has 1 N–H and O–H groups in total. The summed E-state index contributed by atoms with van der Waals surface area (Å²) in [6, 6.07) is 3.88. The van der Waals surface area contributed by atoms with Crippen LogP contribution in [0.25, 0.3) is 5.65 Å². The molecular weight excluding hydrogens is 334 g/mol. The van der Waals surface area contributed by atoms with Gasteiger partial charge in [-0.15, -0.1) is 15.3 Å². The predicted octanol–water partition coefficient (Wildman–Crippen LogP) is -0.211. The Morgan fingerprint density at radius 3 is 2.81 bits per heavy atom. The first kappa shape index (κ1) is 17.2. The molecule has 2 aliphatic rings. The zero-order chi connectivity index (χ0) is 17.8. The van der Waals surface area contributed by atoms with Gasteiger partial charge in [-0.1, -0.05) is 0 Å². The van der Waals surface area contributed by atoms with Crippen molar-refractivity contribution in [2.24, 2.45) is 5.92 Å². The van der Waals surface area contributed by atoms with Gasteiger partial charge in [-0.05, 0) is 25.0 Å². The van der Waals surface area contributed by atoms with Gasteiger partial charge in [-0.2, -0.15) is 4.52 Å². The van der Waals surface area contributed by atoms with E-state index in [9.17, 15) is 4.79 Å². The van der Waals surface area contributed by atoms with E-state index in [1.165, 1.54) is 0 Å². The molecule has 0 spiro atoms. The van der Waals surface area contributed by atoms with E-state index in [1.54, 1.807) is 10.8 Å². The van der Waals surface area contributed by atoms with Crippen molar-refractivity contribution in [3.63, 3.8) is 0 Å². The molecule has 0 bridgehead atoms. The third-order valence-electron chi connectivity index (χ3n) is 5.17. The van der Waals surface area contributed by atoms with Gasteiger partial charge < -0.3 is 15.0 Å². The van der Waals surface area contributed by atoms with E-state index in [4.69, 9.17) is 4.74 Å². The average molecular weight is 359 g/mol. The number of rotatable bonds is 5. The van der Waals surface area contributed by atoms with Gasteiger partial charge in [0, 0.05) is 45.2 Å². The summed E-state index contributed by atoms with van der Waals surface area (Å²) in [5.41, 5.74) is 0.739. The van der Waals surface area contributed by atoms with Crippen LogP contribution in [0.2, 0.25) is 0 Å². The molecule has 9 nitrogen and oxygen atoms in total. The maximum atomic E-state index is 12.4. The minimum absolute atomic E-state index is 0.0922. The maximum absolute atomic E-state index is 12.4. The van der Waals surface area contributed by atoms with Crippen LogP contribution < -0.4 is 10.2 Å². The number of morpholine rings is 1. The van der Waals surface area contributed by atoms with Crippen molar-refractivity contribution < 1.29 is 9.53 Å². The van der Waals surface area contributed by atoms with Gasteiger partial charge in [0.25, 0.3) is 0 Å². The SMILES string of the molecule is O=C(NCCN1CCOCC1)C1CCN(c2ccc3nncn3n2)CC1. The molecule has 0 unspecified atom stereocenters. The second-order valence-electron chi connectivity index (χ2n) is 6.83. The van der Waals surface area contributed by atoms with E-state index in [2.05, 4.69) is 30.4 Å².